The Bertz CT molecular complexity index is 674. The lowest BCUT2D eigenvalue weighted by molar-refractivity contribution is 0.100. The van der Waals surface area contributed by atoms with Crippen molar-refractivity contribution in [2.45, 2.75) is 0 Å². The van der Waals surface area contributed by atoms with Gasteiger partial charge in [0.05, 0.1) is 5.56 Å². The van der Waals surface area contributed by atoms with Crippen molar-refractivity contribution < 1.29 is 9.53 Å². The van der Waals surface area contributed by atoms with Crippen molar-refractivity contribution >= 4 is 34.5 Å². The van der Waals surface area contributed by atoms with Crippen molar-refractivity contribution in [3.05, 3.63) is 68.8 Å². The zero-order valence-corrected chi connectivity index (χ0v) is 12.3. The number of hydrogen-bond acceptors (Lipinski definition) is 2. The lowest BCUT2D eigenvalue weighted by Crippen LogP contribution is -2.18. The molecule has 3 rings (SSSR count). The minimum absolute atomic E-state index is 0.0569. The van der Waals surface area contributed by atoms with E-state index in [4.69, 9.17) is 4.74 Å². The normalized spacial score (nSPS) is 16.1. The lowest BCUT2D eigenvalue weighted by atomic mass is 9.98. The first-order valence-corrected chi connectivity index (χ1v) is 7.05. The van der Waals surface area contributed by atoms with Gasteiger partial charge in [0, 0.05) is 9.14 Å². The number of ether oxygens (including phenoxy) is 1. The Morgan fingerprint density at radius 2 is 1.79 bits per heavy atom. The van der Waals surface area contributed by atoms with Crippen LogP contribution in [0.1, 0.15) is 15.9 Å². The summed E-state index contributed by atoms with van der Waals surface area (Å²) in [6, 6.07) is 15.3. The van der Waals surface area contributed by atoms with Crippen LogP contribution in [0, 0.1) is 3.57 Å². The third-order valence-corrected chi connectivity index (χ3v) is 4.02. The molecule has 0 radical (unpaired) electrons. The second-order valence-corrected chi connectivity index (χ2v) is 5.47. The third kappa shape index (κ3) is 2.42. The van der Waals surface area contributed by atoms with Gasteiger partial charge in [-0.25, -0.2) is 0 Å². The van der Waals surface area contributed by atoms with Gasteiger partial charge in [-0.1, -0.05) is 30.3 Å². The summed E-state index contributed by atoms with van der Waals surface area (Å²) in [5.41, 5.74) is 2.39. The minimum Gasteiger partial charge on any atom is -0.488 e. The molecule has 0 atom stereocenters. The molecule has 0 N–H and O–H groups in total. The zero-order valence-electron chi connectivity index (χ0n) is 10.1. The van der Waals surface area contributed by atoms with Crippen molar-refractivity contribution in [3.8, 4) is 5.75 Å². The van der Waals surface area contributed by atoms with Gasteiger partial charge in [-0.15, -0.1) is 0 Å². The van der Waals surface area contributed by atoms with Crippen LogP contribution in [-0.2, 0) is 0 Å². The second kappa shape index (κ2) is 5.17. The van der Waals surface area contributed by atoms with E-state index < -0.39 is 0 Å². The van der Waals surface area contributed by atoms with E-state index in [1.165, 1.54) is 0 Å². The molecule has 1 aliphatic heterocycles. The maximum absolute atomic E-state index is 12.4. The summed E-state index contributed by atoms with van der Waals surface area (Å²) in [5.74, 6) is 0.730. The summed E-state index contributed by atoms with van der Waals surface area (Å²) in [7, 11) is 0. The van der Waals surface area contributed by atoms with Crippen LogP contribution in [0.3, 0.4) is 0 Å². The number of benzene rings is 2. The monoisotopic (exact) mass is 362 g/mol. The molecule has 2 aromatic carbocycles. The van der Waals surface area contributed by atoms with E-state index in [9.17, 15) is 4.79 Å². The summed E-state index contributed by atoms with van der Waals surface area (Å²) in [6.45, 7) is 0.334. The molecule has 0 saturated heterocycles. The molecule has 3 heteroatoms. The van der Waals surface area contributed by atoms with Crippen molar-refractivity contribution in [2.75, 3.05) is 6.61 Å². The molecule has 1 heterocycles. The Balaban J connectivity index is 2.01. The summed E-state index contributed by atoms with van der Waals surface area (Å²) < 4.78 is 6.75. The van der Waals surface area contributed by atoms with Gasteiger partial charge in [-0.3, -0.25) is 4.79 Å². The standard InChI is InChI=1S/C16H11IO2/c17-14-7-3-1-5-11(14)9-12-10-19-15-8-4-2-6-13(15)16(12)18/h1-9H,10H2. The van der Waals surface area contributed by atoms with Crippen LogP contribution in [-0.4, -0.2) is 12.4 Å². The highest BCUT2D eigenvalue weighted by molar-refractivity contribution is 14.1. The molecule has 0 aromatic heterocycles. The van der Waals surface area contributed by atoms with E-state index in [1.807, 2.05) is 48.5 Å². The topological polar surface area (TPSA) is 26.3 Å². The Morgan fingerprint density at radius 3 is 2.63 bits per heavy atom. The molecule has 0 aliphatic carbocycles. The quantitative estimate of drug-likeness (QED) is 0.567. The maximum Gasteiger partial charge on any atom is 0.196 e. The fourth-order valence-corrected chi connectivity index (χ4v) is 2.60. The fraction of sp³-hybridized carbons (Fsp3) is 0.0625. The molecule has 2 aromatic rings. The van der Waals surface area contributed by atoms with Crippen LogP contribution >= 0.6 is 22.6 Å². The minimum atomic E-state index is 0.0569. The predicted octanol–water partition coefficient (Wildman–Crippen LogP) is 3.95. The first-order chi connectivity index (χ1) is 9.25. The van der Waals surface area contributed by atoms with Crippen LogP contribution in [0.4, 0.5) is 0 Å². The van der Waals surface area contributed by atoms with Crippen LogP contribution in [0.5, 0.6) is 5.75 Å². The number of halogens is 1. The number of para-hydroxylation sites is 1. The van der Waals surface area contributed by atoms with E-state index in [0.29, 0.717) is 23.5 Å². The molecule has 0 fully saturated rings. The first kappa shape index (κ1) is 12.4. The van der Waals surface area contributed by atoms with Gasteiger partial charge < -0.3 is 4.74 Å². The average Bonchev–Trinajstić information content (AvgIpc) is 2.44. The van der Waals surface area contributed by atoms with Crippen molar-refractivity contribution in [1.82, 2.24) is 0 Å². The fourth-order valence-electron chi connectivity index (χ4n) is 2.06. The molecule has 0 bridgehead atoms. The summed E-state index contributed by atoms with van der Waals surface area (Å²) >= 11 is 2.27. The van der Waals surface area contributed by atoms with Crippen LogP contribution in [0.15, 0.2) is 54.1 Å². The molecule has 19 heavy (non-hydrogen) atoms. The van der Waals surface area contributed by atoms with Gasteiger partial charge in [0.15, 0.2) is 5.78 Å². The van der Waals surface area contributed by atoms with E-state index in [0.717, 1.165) is 9.13 Å². The predicted molar refractivity (Wildman–Crippen MR) is 83.4 cm³/mol. The highest BCUT2D eigenvalue weighted by atomic mass is 127. The Hall–Kier alpha value is -1.62. The Labute approximate surface area is 125 Å². The number of rotatable bonds is 1. The van der Waals surface area contributed by atoms with Crippen LogP contribution in [0.25, 0.3) is 6.08 Å². The molecule has 2 nitrogen and oxygen atoms in total. The van der Waals surface area contributed by atoms with Gasteiger partial charge >= 0.3 is 0 Å². The van der Waals surface area contributed by atoms with E-state index in [1.54, 1.807) is 6.07 Å². The number of carbonyl (C=O) groups excluding carboxylic acids is 1. The van der Waals surface area contributed by atoms with Crippen molar-refractivity contribution in [1.29, 1.82) is 0 Å². The zero-order chi connectivity index (χ0) is 13.2. The maximum atomic E-state index is 12.4. The van der Waals surface area contributed by atoms with Crippen LogP contribution < -0.4 is 4.74 Å². The molecule has 0 unspecified atom stereocenters. The Morgan fingerprint density at radius 1 is 1.05 bits per heavy atom. The number of carbonyl (C=O) groups is 1. The van der Waals surface area contributed by atoms with Gasteiger partial charge in [0.1, 0.15) is 12.4 Å². The average molecular weight is 362 g/mol. The molecule has 0 amide bonds. The van der Waals surface area contributed by atoms with Crippen LogP contribution in [0.2, 0.25) is 0 Å². The van der Waals surface area contributed by atoms with E-state index in [-0.39, 0.29) is 5.78 Å². The number of ketones is 1. The summed E-state index contributed by atoms with van der Waals surface area (Å²) in [5, 5.41) is 0. The first-order valence-electron chi connectivity index (χ1n) is 5.97. The molecule has 94 valence electrons. The molecular weight excluding hydrogens is 351 g/mol. The number of fused-ring (bicyclic) bond motifs is 1. The lowest BCUT2D eigenvalue weighted by Gasteiger charge is -2.18. The van der Waals surface area contributed by atoms with Crippen molar-refractivity contribution in [3.63, 3.8) is 0 Å². The van der Waals surface area contributed by atoms with Gasteiger partial charge in [0.2, 0.25) is 0 Å². The summed E-state index contributed by atoms with van der Waals surface area (Å²) in [6.07, 6.45) is 1.92. The van der Waals surface area contributed by atoms with E-state index >= 15 is 0 Å². The summed E-state index contributed by atoms with van der Waals surface area (Å²) in [4.78, 5) is 12.4. The van der Waals surface area contributed by atoms with Gasteiger partial charge in [-0.2, -0.15) is 0 Å². The molecular formula is C16H11IO2. The highest BCUT2D eigenvalue weighted by Gasteiger charge is 2.22. The number of hydrogen-bond donors (Lipinski definition) is 0. The molecule has 1 aliphatic rings. The third-order valence-electron chi connectivity index (χ3n) is 3.04. The SMILES string of the molecule is O=C1C(=Cc2ccccc2I)COc2ccccc21. The van der Waals surface area contributed by atoms with Gasteiger partial charge in [-0.05, 0) is 52.4 Å². The van der Waals surface area contributed by atoms with E-state index in [2.05, 4.69) is 22.6 Å². The van der Waals surface area contributed by atoms with Crippen molar-refractivity contribution in [2.24, 2.45) is 0 Å². The highest BCUT2D eigenvalue weighted by Crippen LogP contribution is 2.28. The second-order valence-electron chi connectivity index (χ2n) is 4.31. The molecule has 0 saturated carbocycles. The largest absolute Gasteiger partial charge is 0.488 e. The van der Waals surface area contributed by atoms with Gasteiger partial charge in [0.25, 0.3) is 0 Å². The number of Topliss-reactive ketones (excluding diaryl/α,β-unsaturated/α-hetero) is 1. The Kier molecular flexibility index (Phi) is 3.38. The smallest absolute Gasteiger partial charge is 0.196 e. The molecule has 0 spiro atoms.